The van der Waals surface area contributed by atoms with Gasteiger partial charge in [0.05, 0.1) is 0 Å². The number of anilines is 2. The smallest absolute Gasteiger partial charge is 0.362 e. The molecule has 3 N–H and O–H groups in total. The standard InChI is InChI=1S/C13H16F3N3O3/c1-2-17-12(21)19-10-5-3-4-9(6-10)18-11(20)7-22-8-13(14,15)16/h3-6H,2,7-8H2,1H3,(H,18,20)(H2,17,19,21). The van der Waals surface area contributed by atoms with Crippen LogP contribution in [0.1, 0.15) is 6.92 Å². The third-order valence-corrected chi connectivity index (χ3v) is 2.24. The number of halogens is 3. The molecule has 3 amide bonds. The van der Waals surface area contributed by atoms with Gasteiger partial charge in [-0.2, -0.15) is 13.2 Å². The summed E-state index contributed by atoms with van der Waals surface area (Å²) >= 11 is 0. The molecule has 0 bridgehead atoms. The Morgan fingerprint density at radius 2 is 1.82 bits per heavy atom. The molecular weight excluding hydrogens is 303 g/mol. The lowest BCUT2D eigenvalue weighted by Gasteiger charge is -2.10. The summed E-state index contributed by atoms with van der Waals surface area (Å²) in [5.74, 6) is -0.723. The molecule has 0 aliphatic rings. The first-order chi connectivity index (χ1) is 10.3. The van der Waals surface area contributed by atoms with Crippen LogP contribution in [0.5, 0.6) is 0 Å². The molecule has 0 unspecified atom stereocenters. The van der Waals surface area contributed by atoms with E-state index in [2.05, 4.69) is 20.7 Å². The maximum Gasteiger partial charge on any atom is 0.411 e. The second kappa shape index (κ2) is 8.23. The maximum atomic E-state index is 11.9. The van der Waals surface area contributed by atoms with Crippen molar-refractivity contribution in [2.24, 2.45) is 0 Å². The first-order valence-electron chi connectivity index (χ1n) is 6.39. The molecule has 0 spiro atoms. The Morgan fingerprint density at radius 1 is 1.18 bits per heavy atom. The fourth-order valence-electron chi connectivity index (χ4n) is 1.47. The Balaban J connectivity index is 2.48. The SMILES string of the molecule is CCNC(=O)Nc1cccc(NC(=O)COCC(F)(F)F)c1. The zero-order valence-electron chi connectivity index (χ0n) is 11.8. The predicted molar refractivity (Wildman–Crippen MR) is 74.6 cm³/mol. The van der Waals surface area contributed by atoms with Crippen LogP contribution in [0.3, 0.4) is 0 Å². The molecule has 122 valence electrons. The first-order valence-corrected chi connectivity index (χ1v) is 6.39. The van der Waals surface area contributed by atoms with Crippen LogP contribution in [0.15, 0.2) is 24.3 Å². The molecule has 0 saturated carbocycles. The Hall–Kier alpha value is -2.29. The molecule has 0 aromatic heterocycles. The van der Waals surface area contributed by atoms with Crippen molar-refractivity contribution in [2.75, 3.05) is 30.4 Å². The van der Waals surface area contributed by atoms with Crippen molar-refractivity contribution in [3.63, 3.8) is 0 Å². The summed E-state index contributed by atoms with van der Waals surface area (Å²) in [7, 11) is 0. The summed E-state index contributed by atoms with van der Waals surface area (Å²) in [5.41, 5.74) is 0.759. The van der Waals surface area contributed by atoms with Crippen molar-refractivity contribution in [3.8, 4) is 0 Å². The molecule has 1 rings (SSSR count). The summed E-state index contributed by atoms with van der Waals surface area (Å²) in [6.07, 6.45) is -4.48. The van der Waals surface area contributed by atoms with Gasteiger partial charge in [0.2, 0.25) is 5.91 Å². The van der Waals surface area contributed by atoms with Gasteiger partial charge >= 0.3 is 12.2 Å². The van der Waals surface area contributed by atoms with Gasteiger partial charge < -0.3 is 20.7 Å². The van der Waals surface area contributed by atoms with Gasteiger partial charge in [0.25, 0.3) is 0 Å². The number of nitrogens with one attached hydrogen (secondary N) is 3. The van der Waals surface area contributed by atoms with Crippen LogP contribution in [0.2, 0.25) is 0 Å². The highest BCUT2D eigenvalue weighted by Crippen LogP contribution is 2.16. The van der Waals surface area contributed by atoms with E-state index in [4.69, 9.17) is 0 Å². The highest BCUT2D eigenvalue weighted by atomic mass is 19.4. The van der Waals surface area contributed by atoms with Crippen molar-refractivity contribution in [1.82, 2.24) is 5.32 Å². The van der Waals surface area contributed by atoms with Gasteiger partial charge in [0.1, 0.15) is 13.2 Å². The molecule has 0 aliphatic heterocycles. The van der Waals surface area contributed by atoms with Crippen LogP contribution in [0, 0.1) is 0 Å². The van der Waals surface area contributed by atoms with E-state index in [0.717, 1.165) is 0 Å². The molecular formula is C13H16F3N3O3. The monoisotopic (exact) mass is 319 g/mol. The van der Waals surface area contributed by atoms with Crippen LogP contribution < -0.4 is 16.0 Å². The van der Waals surface area contributed by atoms with Gasteiger partial charge in [0, 0.05) is 17.9 Å². The molecule has 22 heavy (non-hydrogen) atoms. The quantitative estimate of drug-likeness (QED) is 0.753. The van der Waals surface area contributed by atoms with E-state index in [0.29, 0.717) is 17.9 Å². The molecule has 9 heteroatoms. The maximum absolute atomic E-state index is 11.9. The third-order valence-electron chi connectivity index (χ3n) is 2.24. The first kappa shape index (κ1) is 17.8. The molecule has 1 aromatic rings. The van der Waals surface area contributed by atoms with Gasteiger partial charge in [0.15, 0.2) is 0 Å². The molecule has 0 fully saturated rings. The van der Waals surface area contributed by atoms with Crippen LogP contribution in [0.25, 0.3) is 0 Å². The number of amides is 3. The van der Waals surface area contributed by atoms with E-state index in [-0.39, 0.29) is 0 Å². The molecule has 0 radical (unpaired) electrons. The van der Waals surface area contributed by atoms with Crippen molar-refractivity contribution >= 4 is 23.3 Å². The minimum Gasteiger partial charge on any atom is -0.362 e. The average molecular weight is 319 g/mol. The van der Waals surface area contributed by atoms with E-state index < -0.39 is 31.3 Å². The highest BCUT2D eigenvalue weighted by Gasteiger charge is 2.27. The number of hydrogen-bond acceptors (Lipinski definition) is 3. The minimum atomic E-state index is -4.48. The van der Waals surface area contributed by atoms with Crippen molar-refractivity contribution < 1.29 is 27.5 Å². The summed E-state index contributed by atoms with van der Waals surface area (Å²) in [6, 6.07) is 5.78. The van der Waals surface area contributed by atoms with Crippen molar-refractivity contribution in [3.05, 3.63) is 24.3 Å². The number of hydrogen-bond donors (Lipinski definition) is 3. The normalized spacial score (nSPS) is 10.9. The Labute approximate surface area is 125 Å². The number of carbonyl (C=O) groups excluding carboxylic acids is 2. The molecule has 0 atom stereocenters. The lowest BCUT2D eigenvalue weighted by Crippen LogP contribution is -2.28. The van der Waals surface area contributed by atoms with Gasteiger partial charge in [-0.15, -0.1) is 0 Å². The van der Waals surface area contributed by atoms with Crippen LogP contribution in [-0.4, -0.2) is 37.9 Å². The summed E-state index contributed by atoms with van der Waals surface area (Å²) in [4.78, 5) is 22.8. The Kier molecular flexibility index (Phi) is 6.64. The minimum absolute atomic E-state index is 0.329. The second-order valence-electron chi connectivity index (χ2n) is 4.22. The average Bonchev–Trinajstić information content (AvgIpc) is 2.37. The van der Waals surface area contributed by atoms with E-state index in [1.54, 1.807) is 19.1 Å². The number of alkyl halides is 3. The zero-order valence-corrected chi connectivity index (χ0v) is 11.8. The fourth-order valence-corrected chi connectivity index (χ4v) is 1.47. The lowest BCUT2D eigenvalue weighted by molar-refractivity contribution is -0.174. The molecule has 6 nitrogen and oxygen atoms in total. The van der Waals surface area contributed by atoms with Gasteiger partial charge in [-0.3, -0.25) is 4.79 Å². The van der Waals surface area contributed by atoms with Crippen LogP contribution in [0.4, 0.5) is 29.3 Å². The number of urea groups is 1. The summed E-state index contributed by atoms with van der Waals surface area (Å²) in [5, 5.41) is 7.44. The van der Waals surface area contributed by atoms with Crippen molar-refractivity contribution in [2.45, 2.75) is 13.1 Å². The largest absolute Gasteiger partial charge is 0.411 e. The van der Waals surface area contributed by atoms with Crippen LogP contribution >= 0.6 is 0 Å². The Bertz CT molecular complexity index is 521. The Morgan fingerprint density at radius 3 is 2.41 bits per heavy atom. The molecule has 0 heterocycles. The number of ether oxygens (including phenoxy) is 1. The molecule has 1 aromatic carbocycles. The zero-order chi connectivity index (χ0) is 16.6. The highest BCUT2D eigenvalue weighted by molar-refractivity contribution is 5.94. The third kappa shape index (κ3) is 7.48. The summed E-state index contributed by atoms with van der Waals surface area (Å²) in [6.45, 7) is 0.0165. The molecule has 0 saturated heterocycles. The van der Waals surface area contributed by atoms with Gasteiger partial charge in [-0.1, -0.05) is 6.07 Å². The van der Waals surface area contributed by atoms with Gasteiger partial charge in [-0.05, 0) is 25.1 Å². The fraction of sp³-hybridized carbons (Fsp3) is 0.385. The van der Waals surface area contributed by atoms with Crippen LogP contribution in [-0.2, 0) is 9.53 Å². The molecule has 0 aliphatic carbocycles. The van der Waals surface area contributed by atoms with Crippen molar-refractivity contribution in [1.29, 1.82) is 0 Å². The van der Waals surface area contributed by atoms with E-state index in [1.807, 2.05) is 0 Å². The second-order valence-corrected chi connectivity index (χ2v) is 4.22. The van der Waals surface area contributed by atoms with E-state index in [9.17, 15) is 22.8 Å². The van der Waals surface area contributed by atoms with E-state index in [1.165, 1.54) is 12.1 Å². The number of carbonyl (C=O) groups is 2. The summed E-state index contributed by atoms with van der Waals surface area (Å²) < 4.78 is 39.8. The number of benzene rings is 1. The van der Waals surface area contributed by atoms with Gasteiger partial charge in [-0.25, -0.2) is 4.79 Å². The number of rotatable bonds is 6. The van der Waals surface area contributed by atoms with E-state index >= 15 is 0 Å². The lowest BCUT2D eigenvalue weighted by atomic mass is 10.2. The predicted octanol–water partition coefficient (Wildman–Crippen LogP) is 2.35. The topological polar surface area (TPSA) is 79.5 Å².